The Kier molecular flexibility index (Phi) is 18.5. The van der Waals surface area contributed by atoms with E-state index in [1.165, 1.54) is 14.0 Å². The topological polar surface area (TPSA) is 112 Å². The molecule has 0 bridgehead atoms. The standard InChI is InChI=1S/C29H55NO8/c1-11-13-19(3)17-30(29(33)34)23(7)16-20(4)15-21(5)27(22(6)18-31)38-26(14-12-2)36-24(8)28(35-10)37-25(9)32/h18-24,26-28H,11-17H2,1-10H3,(H,33,34)/t19-,20?,21?,22?,23-,24+,26?,27?,28?/m1/s1. The van der Waals surface area contributed by atoms with Crippen molar-refractivity contribution in [2.45, 2.75) is 132 Å². The van der Waals surface area contributed by atoms with E-state index in [0.29, 0.717) is 18.9 Å². The smallest absolute Gasteiger partial charge is 0.407 e. The molecule has 0 saturated carbocycles. The monoisotopic (exact) mass is 545 g/mol. The number of hydrogen-bond acceptors (Lipinski definition) is 7. The minimum absolute atomic E-state index is 0.0275. The summed E-state index contributed by atoms with van der Waals surface area (Å²) >= 11 is 0. The van der Waals surface area contributed by atoms with E-state index in [2.05, 4.69) is 27.7 Å². The molecule has 1 N–H and O–H groups in total. The number of aldehydes is 1. The van der Waals surface area contributed by atoms with Gasteiger partial charge in [-0.2, -0.15) is 0 Å². The van der Waals surface area contributed by atoms with Crippen LogP contribution in [-0.2, 0) is 28.5 Å². The Balaban J connectivity index is 5.39. The van der Waals surface area contributed by atoms with Crippen molar-refractivity contribution in [3.05, 3.63) is 0 Å². The van der Waals surface area contributed by atoms with Gasteiger partial charge < -0.3 is 33.7 Å². The molecule has 0 rings (SSSR count). The molecule has 0 aromatic carbocycles. The summed E-state index contributed by atoms with van der Waals surface area (Å²) in [5.41, 5.74) is 0. The third-order valence-electron chi connectivity index (χ3n) is 6.98. The van der Waals surface area contributed by atoms with E-state index in [4.69, 9.17) is 18.9 Å². The molecule has 0 fully saturated rings. The van der Waals surface area contributed by atoms with Crippen molar-refractivity contribution < 1.29 is 38.4 Å². The summed E-state index contributed by atoms with van der Waals surface area (Å²) in [7, 11) is 1.45. The van der Waals surface area contributed by atoms with Gasteiger partial charge >= 0.3 is 12.1 Å². The molecule has 9 atom stereocenters. The van der Waals surface area contributed by atoms with Crippen molar-refractivity contribution >= 4 is 18.3 Å². The third kappa shape index (κ3) is 13.9. The number of ether oxygens (including phenoxy) is 4. The van der Waals surface area contributed by atoms with Crippen LogP contribution in [0.4, 0.5) is 4.79 Å². The summed E-state index contributed by atoms with van der Waals surface area (Å²) in [5.74, 6) is -0.259. The van der Waals surface area contributed by atoms with Crippen LogP contribution in [0.1, 0.15) is 101 Å². The number of nitrogens with zero attached hydrogens (tertiary/aromatic N) is 1. The molecule has 6 unspecified atom stereocenters. The van der Waals surface area contributed by atoms with Crippen LogP contribution in [0, 0.1) is 23.7 Å². The highest BCUT2D eigenvalue weighted by molar-refractivity contribution is 5.66. The Labute approximate surface area is 230 Å². The van der Waals surface area contributed by atoms with E-state index in [0.717, 1.165) is 38.4 Å². The molecule has 9 nitrogen and oxygen atoms in total. The quantitative estimate of drug-likeness (QED) is 0.104. The van der Waals surface area contributed by atoms with Gasteiger partial charge in [-0.05, 0) is 57.3 Å². The Morgan fingerprint density at radius 2 is 1.53 bits per heavy atom. The van der Waals surface area contributed by atoms with Gasteiger partial charge in [0.25, 0.3) is 0 Å². The van der Waals surface area contributed by atoms with Gasteiger partial charge in [-0.25, -0.2) is 4.79 Å². The van der Waals surface area contributed by atoms with E-state index < -0.39 is 30.7 Å². The Morgan fingerprint density at radius 3 is 2.00 bits per heavy atom. The highest BCUT2D eigenvalue weighted by Crippen LogP contribution is 2.28. The second-order valence-corrected chi connectivity index (χ2v) is 11.1. The van der Waals surface area contributed by atoms with Crippen LogP contribution in [0.3, 0.4) is 0 Å². The number of esters is 1. The lowest BCUT2D eigenvalue weighted by Gasteiger charge is -2.35. The van der Waals surface area contributed by atoms with Crippen LogP contribution >= 0.6 is 0 Å². The lowest BCUT2D eigenvalue weighted by atomic mass is 9.84. The van der Waals surface area contributed by atoms with Gasteiger partial charge in [0, 0.05) is 32.5 Å². The number of carboxylic acid groups (broad SMARTS) is 1. The summed E-state index contributed by atoms with van der Waals surface area (Å²) in [6.45, 7) is 17.8. The maximum absolute atomic E-state index is 11.9. The molecule has 1 amide bonds. The molecule has 0 aliphatic carbocycles. The lowest BCUT2D eigenvalue weighted by molar-refractivity contribution is -0.258. The van der Waals surface area contributed by atoms with Gasteiger partial charge in [0.15, 0.2) is 6.29 Å². The van der Waals surface area contributed by atoms with Crippen LogP contribution in [0.2, 0.25) is 0 Å². The molecule has 0 saturated heterocycles. The zero-order valence-corrected chi connectivity index (χ0v) is 25.5. The van der Waals surface area contributed by atoms with Gasteiger partial charge in [0.05, 0.1) is 6.10 Å². The number of carbonyl (C=O) groups excluding carboxylic acids is 2. The Bertz CT molecular complexity index is 675. The van der Waals surface area contributed by atoms with Gasteiger partial charge in [0.2, 0.25) is 6.29 Å². The first kappa shape index (κ1) is 36.3. The van der Waals surface area contributed by atoms with Crippen LogP contribution < -0.4 is 0 Å². The van der Waals surface area contributed by atoms with Gasteiger partial charge in [0.1, 0.15) is 12.4 Å². The molecule has 0 spiro atoms. The van der Waals surface area contributed by atoms with Crippen molar-refractivity contribution in [2.75, 3.05) is 13.7 Å². The summed E-state index contributed by atoms with van der Waals surface area (Å²) < 4.78 is 22.9. The van der Waals surface area contributed by atoms with Gasteiger partial charge in [-0.3, -0.25) is 4.79 Å². The Hall–Kier alpha value is -1.71. The number of methoxy groups -OCH3 is 1. The number of rotatable bonds is 21. The maximum atomic E-state index is 11.9. The van der Waals surface area contributed by atoms with Crippen molar-refractivity contribution in [3.63, 3.8) is 0 Å². The van der Waals surface area contributed by atoms with Crippen LogP contribution in [0.25, 0.3) is 0 Å². The summed E-state index contributed by atoms with van der Waals surface area (Å²) in [4.78, 5) is 36.7. The second kappa shape index (κ2) is 19.4. The van der Waals surface area contributed by atoms with Crippen LogP contribution in [-0.4, -0.2) is 72.8 Å². The molecule has 0 aliphatic rings. The van der Waals surface area contributed by atoms with Crippen molar-refractivity contribution in [1.82, 2.24) is 4.90 Å². The van der Waals surface area contributed by atoms with E-state index >= 15 is 0 Å². The molecular formula is C29H55NO8. The SMILES string of the molecule is CCCC(OC(C(C)C=O)C(C)CC(C)C[C@@H](C)N(C[C@H](C)CCC)C(=O)O)O[C@@H](C)C(OC)OC(C)=O. The highest BCUT2D eigenvalue weighted by atomic mass is 16.7. The normalized spacial score (nSPS) is 18.8. The fourth-order valence-corrected chi connectivity index (χ4v) is 5.18. The summed E-state index contributed by atoms with van der Waals surface area (Å²) in [6.07, 6.45) is 2.52. The molecule has 9 heteroatoms. The molecule has 0 heterocycles. The molecular weight excluding hydrogens is 490 g/mol. The highest BCUT2D eigenvalue weighted by Gasteiger charge is 2.32. The Morgan fingerprint density at radius 1 is 0.921 bits per heavy atom. The average molecular weight is 546 g/mol. The van der Waals surface area contributed by atoms with E-state index in [-0.39, 0.29) is 29.9 Å². The summed E-state index contributed by atoms with van der Waals surface area (Å²) in [5, 5.41) is 9.79. The van der Waals surface area contributed by atoms with Gasteiger partial charge in [-0.1, -0.05) is 54.4 Å². The minimum atomic E-state index is -0.881. The predicted octanol–water partition coefficient (Wildman–Crippen LogP) is 6.13. The number of amides is 1. The molecule has 0 aliphatic heterocycles. The fraction of sp³-hybridized carbons (Fsp3) is 0.897. The first-order chi connectivity index (χ1) is 17.8. The summed E-state index contributed by atoms with van der Waals surface area (Å²) in [6, 6.07) is -0.110. The molecule has 0 aromatic heterocycles. The van der Waals surface area contributed by atoms with E-state index in [9.17, 15) is 19.5 Å². The van der Waals surface area contributed by atoms with Gasteiger partial charge in [-0.15, -0.1) is 0 Å². The van der Waals surface area contributed by atoms with Crippen molar-refractivity contribution in [3.8, 4) is 0 Å². The molecule has 0 aromatic rings. The zero-order chi connectivity index (χ0) is 29.4. The molecule has 38 heavy (non-hydrogen) atoms. The number of carbonyl (C=O) groups is 3. The zero-order valence-electron chi connectivity index (χ0n) is 25.5. The van der Waals surface area contributed by atoms with Crippen LogP contribution in [0.5, 0.6) is 0 Å². The predicted molar refractivity (Wildman–Crippen MR) is 148 cm³/mol. The number of hydrogen-bond donors (Lipinski definition) is 1. The maximum Gasteiger partial charge on any atom is 0.407 e. The first-order valence-corrected chi connectivity index (χ1v) is 14.3. The largest absolute Gasteiger partial charge is 0.465 e. The van der Waals surface area contributed by atoms with E-state index in [1.807, 2.05) is 20.8 Å². The molecule has 224 valence electrons. The molecule has 0 radical (unpaired) electrons. The lowest BCUT2D eigenvalue weighted by Crippen LogP contribution is -2.42. The fourth-order valence-electron chi connectivity index (χ4n) is 5.18. The van der Waals surface area contributed by atoms with E-state index in [1.54, 1.807) is 11.8 Å². The van der Waals surface area contributed by atoms with Crippen molar-refractivity contribution in [1.29, 1.82) is 0 Å². The second-order valence-electron chi connectivity index (χ2n) is 11.1. The minimum Gasteiger partial charge on any atom is -0.465 e. The van der Waals surface area contributed by atoms with Crippen LogP contribution in [0.15, 0.2) is 0 Å². The van der Waals surface area contributed by atoms with Crippen molar-refractivity contribution in [2.24, 2.45) is 23.7 Å². The average Bonchev–Trinajstić information content (AvgIpc) is 2.83. The third-order valence-corrected chi connectivity index (χ3v) is 6.98. The first-order valence-electron chi connectivity index (χ1n) is 14.3.